The van der Waals surface area contributed by atoms with Gasteiger partial charge in [-0.3, -0.25) is 14.4 Å². The summed E-state index contributed by atoms with van der Waals surface area (Å²) in [7, 11) is 0. The Kier molecular flexibility index (Phi) is 4.97. The third kappa shape index (κ3) is 3.71. The lowest BCUT2D eigenvalue weighted by molar-refractivity contribution is -0.127. The number of hydrogen-bond acceptors (Lipinski definition) is 5. The monoisotopic (exact) mass is 310 g/mol. The summed E-state index contributed by atoms with van der Waals surface area (Å²) in [5, 5.41) is 8.56. The Morgan fingerprint density at radius 3 is 2.85 bits per heavy atom. The highest BCUT2D eigenvalue weighted by Crippen LogP contribution is 2.20. The molecule has 2 rings (SSSR count). The van der Waals surface area contributed by atoms with Gasteiger partial charge in [0.15, 0.2) is 0 Å². The van der Waals surface area contributed by atoms with Gasteiger partial charge >= 0.3 is 0 Å². The molecule has 1 aliphatic rings. The van der Waals surface area contributed by atoms with Gasteiger partial charge in [0.05, 0.1) is 12.5 Å². The zero-order valence-electron chi connectivity index (χ0n) is 10.8. The van der Waals surface area contributed by atoms with Gasteiger partial charge in [-0.1, -0.05) is 17.8 Å². The van der Waals surface area contributed by atoms with Crippen LogP contribution in [0.15, 0.2) is 29.0 Å². The van der Waals surface area contributed by atoms with Gasteiger partial charge in [0.25, 0.3) is 0 Å². The number of hydrogen-bond donors (Lipinski definition) is 2. The lowest BCUT2D eigenvalue weighted by Gasteiger charge is -2.12. The standard InChI is InChI=1S/C13H14N2O3S2/c1-8(10-3-2-5-19-10)12(17)14-7-11(16)15-9-4-6-20-13(9)18/h2-6,8-9H,7H2,1H3,(H,14,17)(H,15,16). The number of carbonyl (C=O) groups excluding carboxylic acids is 3. The van der Waals surface area contributed by atoms with Crippen LogP contribution in [0.1, 0.15) is 17.7 Å². The van der Waals surface area contributed by atoms with Gasteiger partial charge in [0.2, 0.25) is 16.9 Å². The molecule has 106 valence electrons. The van der Waals surface area contributed by atoms with Gasteiger partial charge in [-0.05, 0) is 29.9 Å². The van der Waals surface area contributed by atoms with E-state index in [4.69, 9.17) is 0 Å². The molecule has 0 bridgehead atoms. The Labute approximate surface area is 124 Å². The van der Waals surface area contributed by atoms with Crippen molar-refractivity contribution in [2.75, 3.05) is 6.54 Å². The fraction of sp³-hybridized carbons (Fsp3) is 0.308. The van der Waals surface area contributed by atoms with Crippen molar-refractivity contribution in [3.63, 3.8) is 0 Å². The molecule has 1 aliphatic heterocycles. The zero-order valence-corrected chi connectivity index (χ0v) is 12.4. The summed E-state index contributed by atoms with van der Waals surface area (Å²) in [4.78, 5) is 35.8. The van der Waals surface area contributed by atoms with Crippen LogP contribution in [0, 0.1) is 0 Å². The predicted molar refractivity (Wildman–Crippen MR) is 79.4 cm³/mol. The minimum absolute atomic E-state index is 0.114. The topological polar surface area (TPSA) is 75.3 Å². The van der Waals surface area contributed by atoms with Gasteiger partial charge in [0.1, 0.15) is 6.04 Å². The third-order valence-corrected chi connectivity index (χ3v) is 4.65. The first-order valence-corrected chi connectivity index (χ1v) is 7.81. The summed E-state index contributed by atoms with van der Waals surface area (Å²) in [5.74, 6) is -0.862. The van der Waals surface area contributed by atoms with Gasteiger partial charge in [-0.15, -0.1) is 11.3 Å². The second-order valence-corrected chi connectivity index (χ2v) is 6.16. The Morgan fingerprint density at radius 1 is 1.45 bits per heavy atom. The van der Waals surface area contributed by atoms with Crippen LogP contribution in [0.2, 0.25) is 0 Å². The summed E-state index contributed by atoms with van der Waals surface area (Å²) >= 11 is 2.56. The zero-order chi connectivity index (χ0) is 14.5. The highest BCUT2D eigenvalue weighted by molar-refractivity contribution is 8.16. The quantitative estimate of drug-likeness (QED) is 0.858. The fourth-order valence-electron chi connectivity index (χ4n) is 1.66. The molecule has 20 heavy (non-hydrogen) atoms. The summed E-state index contributed by atoms with van der Waals surface area (Å²) in [6, 6.07) is 3.18. The molecule has 0 spiro atoms. The highest BCUT2D eigenvalue weighted by Gasteiger charge is 2.22. The molecule has 2 unspecified atom stereocenters. The Morgan fingerprint density at radius 2 is 2.25 bits per heavy atom. The molecule has 0 radical (unpaired) electrons. The van der Waals surface area contributed by atoms with E-state index < -0.39 is 6.04 Å². The average molecular weight is 310 g/mol. The van der Waals surface area contributed by atoms with Crippen LogP contribution in [0.25, 0.3) is 0 Å². The average Bonchev–Trinajstić information content (AvgIpc) is 3.08. The smallest absolute Gasteiger partial charge is 0.240 e. The molecule has 2 amide bonds. The molecule has 0 fully saturated rings. The molecular formula is C13H14N2O3S2. The second kappa shape index (κ2) is 6.71. The minimum Gasteiger partial charge on any atom is -0.346 e. The van der Waals surface area contributed by atoms with Crippen LogP contribution in [-0.2, 0) is 14.4 Å². The van der Waals surface area contributed by atoms with Crippen molar-refractivity contribution < 1.29 is 14.4 Å². The number of amides is 2. The minimum atomic E-state index is -0.584. The summed E-state index contributed by atoms with van der Waals surface area (Å²) in [6.07, 6.45) is 1.63. The molecule has 2 atom stereocenters. The van der Waals surface area contributed by atoms with Crippen LogP contribution >= 0.6 is 23.1 Å². The first kappa shape index (κ1) is 14.8. The number of thiophene rings is 1. The molecule has 1 aromatic rings. The molecule has 2 N–H and O–H groups in total. The molecule has 2 heterocycles. The molecular weight excluding hydrogens is 296 g/mol. The second-order valence-electron chi connectivity index (χ2n) is 4.27. The SMILES string of the molecule is CC(C(=O)NCC(=O)NC1C=CSC1=O)c1cccs1. The fourth-order valence-corrected chi connectivity index (χ4v) is 3.09. The van der Waals surface area contributed by atoms with Gasteiger partial charge in [0, 0.05) is 4.88 Å². The van der Waals surface area contributed by atoms with Crippen molar-refractivity contribution in [2.45, 2.75) is 18.9 Å². The van der Waals surface area contributed by atoms with Crippen molar-refractivity contribution >= 4 is 40.0 Å². The molecule has 0 saturated carbocycles. The molecule has 0 saturated heterocycles. The molecule has 7 heteroatoms. The van der Waals surface area contributed by atoms with E-state index >= 15 is 0 Å². The molecule has 0 aliphatic carbocycles. The van der Waals surface area contributed by atoms with E-state index in [0.29, 0.717) is 0 Å². The van der Waals surface area contributed by atoms with Crippen molar-refractivity contribution in [3.8, 4) is 0 Å². The van der Waals surface area contributed by atoms with E-state index in [1.54, 1.807) is 18.4 Å². The van der Waals surface area contributed by atoms with E-state index in [-0.39, 0.29) is 29.4 Å². The lowest BCUT2D eigenvalue weighted by atomic mass is 10.1. The maximum Gasteiger partial charge on any atom is 0.240 e. The number of rotatable bonds is 5. The number of nitrogens with one attached hydrogen (secondary N) is 2. The number of carbonyl (C=O) groups is 3. The first-order chi connectivity index (χ1) is 9.58. The Hall–Kier alpha value is -1.60. The van der Waals surface area contributed by atoms with Crippen LogP contribution in [0.3, 0.4) is 0 Å². The van der Waals surface area contributed by atoms with Gasteiger partial charge < -0.3 is 10.6 Å². The van der Waals surface area contributed by atoms with E-state index in [9.17, 15) is 14.4 Å². The van der Waals surface area contributed by atoms with Gasteiger partial charge in [-0.25, -0.2) is 0 Å². The van der Waals surface area contributed by atoms with Crippen LogP contribution in [-0.4, -0.2) is 29.5 Å². The van der Waals surface area contributed by atoms with Crippen LogP contribution in [0.5, 0.6) is 0 Å². The molecule has 1 aromatic heterocycles. The van der Waals surface area contributed by atoms with E-state index in [1.807, 2.05) is 17.5 Å². The summed E-state index contributed by atoms with van der Waals surface area (Å²) < 4.78 is 0. The maximum atomic E-state index is 11.9. The molecule has 5 nitrogen and oxygen atoms in total. The molecule has 0 aromatic carbocycles. The number of thioether (sulfide) groups is 1. The Balaban J connectivity index is 1.77. The third-order valence-electron chi connectivity index (χ3n) is 2.81. The highest BCUT2D eigenvalue weighted by atomic mass is 32.2. The largest absolute Gasteiger partial charge is 0.346 e. The van der Waals surface area contributed by atoms with E-state index in [1.165, 1.54) is 11.3 Å². The van der Waals surface area contributed by atoms with Crippen molar-refractivity contribution in [3.05, 3.63) is 33.9 Å². The first-order valence-electron chi connectivity index (χ1n) is 6.05. The predicted octanol–water partition coefficient (Wildman–Crippen LogP) is 1.24. The maximum absolute atomic E-state index is 11.9. The van der Waals surface area contributed by atoms with Gasteiger partial charge in [-0.2, -0.15) is 0 Å². The Bertz CT molecular complexity index is 540. The van der Waals surface area contributed by atoms with Crippen molar-refractivity contribution in [2.24, 2.45) is 0 Å². The summed E-state index contributed by atoms with van der Waals surface area (Å²) in [5.41, 5.74) is 0. The lowest BCUT2D eigenvalue weighted by Crippen LogP contribution is -2.43. The summed E-state index contributed by atoms with van der Waals surface area (Å²) in [6.45, 7) is 1.66. The van der Waals surface area contributed by atoms with Crippen LogP contribution < -0.4 is 10.6 Å². The van der Waals surface area contributed by atoms with E-state index in [0.717, 1.165) is 16.6 Å². The van der Waals surface area contributed by atoms with E-state index in [2.05, 4.69) is 10.6 Å². The van der Waals surface area contributed by atoms with Crippen molar-refractivity contribution in [1.82, 2.24) is 10.6 Å². The van der Waals surface area contributed by atoms with Crippen LogP contribution in [0.4, 0.5) is 0 Å². The normalized spacial score (nSPS) is 18.9. The van der Waals surface area contributed by atoms with Crippen molar-refractivity contribution in [1.29, 1.82) is 0 Å².